The maximum atomic E-state index is 13.2. The Morgan fingerprint density at radius 3 is 2.35 bits per heavy atom. The highest BCUT2D eigenvalue weighted by molar-refractivity contribution is 7.98. The summed E-state index contributed by atoms with van der Waals surface area (Å²) in [5.41, 5.74) is 2.52. The Morgan fingerprint density at radius 2 is 1.62 bits per heavy atom. The molecule has 4 aromatic rings. The lowest BCUT2D eigenvalue weighted by molar-refractivity contribution is 0.819. The number of aromatic nitrogens is 2. The number of benzene rings is 3. The number of hydrogen-bond donors (Lipinski definition) is 0. The van der Waals surface area contributed by atoms with Crippen LogP contribution >= 0.6 is 23.4 Å². The van der Waals surface area contributed by atoms with E-state index in [-0.39, 0.29) is 5.56 Å². The molecule has 128 valence electrons. The normalized spacial score (nSPS) is 11.0. The molecule has 0 aliphatic carbocycles. The van der Waals surface area contributed by atoms with Gasteiger partial charge in [0.05, 0.1) is 16.6 Å². The van der Waals surface area contributed by atoms with Crippen LogP contribution in [0.2, 0.25) is 5.02 Å². The lowest BCUT2D eigenvalue weighted by atomic mass is 10.2. The Kier molecular flexibility index (Phi) is 4.78. The second-order valence-electron chi connectivity index (χ2n) is 5.81. The molecule has 0 fully saturated rings. The molecule has 0 radical (unpaired) electrons. The van der Waals surface area contributed by atoms with Gasteiger partial charge in [-0.2, -0.15) is 0 Å². The van der Waals surface area contributed by atoms with Gasteiger partial charge in [0, 0.05) is 10.8 Å². The average molecular weight is 379 g/mol. The van der Waals surface area contributed by atoms with Crippen LogP contribution in [0.4, 0.5) is 0 Å². The summed E-state index contributed by atoms with van der Waals surface area (Å²) in [7, 11) is 0. The number of nitrogens with zero attached hydrogens (tertiary/aromatic N) is 2. The summed E-state index contributed by atoms with van der Waals surface area (Å²) in [5, 5.41) is 1.71. The van der Waals surface area contributed by atoms with Gasteiger partial charge in [-0.3, -0.25) is 9.36 Å². The molecule has 0 saturated carbocycles. The number of halogens is 1. The van der Waals surface area contributed by atoms with Gasteiger partial charge in [0.2, 0.25) is 0 Å². The van der Waals surface area contributed by atoms with E-state index in [0.29, 0.717) is 21.1 Å². The van der Waals surface area contributed by atoms with Crippen molar-refractivity contribution in [1.29, 1.82) is 0 Å². The lowest BCUT2D eigenvalue weighted by Gasteiger charge is -2.13. The van der Waals surface area contributed by atoms with E-state index in [1.54, 1.807) is 34.5 Å². The van der Waals surface area contributed by atoms with Gasteiger partial charge in [0.15, 0.2) is 5.16 Å². The number of rotatable bonds is 4. The molecule has 0 unspecified atom stereocenters. The molecule has 0 amide bonds. The van der Waals surface area contributed by atoms with E-state index in [0.717, 1.165) is 11.4 Å². The number of fused-ring (bicyclic) bond motifs is 1. The van der Waals surface area contributed by atoms with Crippen molar-refractivity contribution in [1.82, 2.24) is 9.55 Å². The molecule has 1 heterocycles. The van der Waals surface area contributed by atoms with Crippen molar-refractivity contribution in [2.45, 2.75) is 10.9 Å². The van der Waals surface area contributed by atoms with Gasteiger partial charge >= 0.3 is 0 Å². The zero-order valence-corrected chi connectivity index (χ0v) is 15.4. The molecular formula is C21H15ClN2OS. The van der Waals surface area contributed by atoms with E-state index in [9.17, 15) is 4.79 Å². The molecule has 3 nitrogen and oxygen atoms in total. The summed E-state index contributed by atoms with van der Waals surface area (Å²) >= 11 is 7.64. The van der Waals surface area contributed by atoms with Crippen LogP contribution in [0.3, 0.4) is 0 Å². The van der Waals surface area contributed by atoms with Crippen LogP contribution in [0.1, 0.15) is 5.56 Å². The second kappa shape index (κ2) is 7.36. The van der Waals surface area contributed by atoms with Gasteiger partial charge in [-0.15, -0.1) is 0 Å². The molecule has 26 heavy (non-hydrogen) atoms. The Hall–Kier alpha value is -2.56. The Balaban J connectivity index is 1.87. The summed E-state index contributed by atoms with van der Waals surface area (Å²) in [4.78, 5) is 17.9. The lowest BCUT2D eigenvalue weighted by Crippen LogP contribution is -2.21. The van der Waals surface area contributed by atoms with Gasteiger partial charge in [-0.1, -0.05) is 71.9 Å². The van der Waals surface area contributed by atoms with Crippen molar-refractivity contribution < 1.29 is 0 Å². The molecule has 4 rings (SSSR count). The molecule has 1 aromatic heterocycles. The Bertz CT molecular complexity index is 1110. The average Bonchev–Trinajstić information content (AvgIpc) is 2.68. The smallest absolute Gasteiger partial charge is 0.266 e. The van der Waals surface area contributed by atoms with Crippen molar-refractivity contribution in [2.75, 3.05) is 0 Å². The van der Waals surface area contributed by atoms with Crippen LogP contribution in [0.5, 0.6) is 0 Å². The molecule has 5 heteroatoms. The maximum Gasteiger partial charge on any atom is 0.266 e. The molecule has 0 N–H and O–H groups in total. The van der Waals surface area contributed by atoms with Crippen LogP contribution in [0.15, 0.2) is 88.8 Å². The number of thioether (sulfide) groups is 1. The van der Waals surface area contributed by atoms with Crippen molar-refractivity contribution in [3.8, 4) is 5.69 Å². The fraction of sp³-hybridized carbons (Fsp3) is 0.0476. The SMILES string of the molecule is O=c1c2cc(Cl)ccc2nc(SCc2ccccc2)n1-c1ccccc1. The third-order valence-electron chi connectivity index (χ3n) is 4.02. The third-order valence-corrected chi connectivity index (χ3v) is 5.27. The maximum absolute atomic E-state index is 13.2. The molecule has 0 atom stereocenters. The van der Waals surface area contributed by atoms with Crippen molar-refractivity contribution in [3.63, 3.8) is 0 Å². The van der Waals surface area contributed by atoms with E-state index >= 15 is 0 Å². The molecule has 0 saturated heterocycles. The zero-order chi connectivity index (χ0) is 17.9. The molecule has 0 aliphatic heterocycles. The standard InChI is InChI=1S/C21H15ClN2OS/c22-16-11-12-19-18(13-16)20(25)24(17-9-5-2-6-10-17)21(23-19)26-14-15-7-3-1-4-8-15/h1-13H,14H2. The highest BCUT2D eigenvalue weighted by Gasteiger charge is 2.13. The van der Waals surface area contributed by atoms with E-state index in [4.69, 9.17) is 16.6 Å². The minimum absolute atomic E-state index is 0.112. The highest BCUT2D eigenvalue weighted by atomic mass is 35.5. The number of hydrogen-bond acceptors (Lipinski definition) is 3. The quantitative estimate of drug-likeness (QED) is 0.355. The van der Waals surface area contributed by atoms with E-state index in [1.165, 1.54) is 5.56 Å². The van der Waals surface area contributed by atoms with Gasteiger partial charge in [-0.25, -0.2) is 4.98 Å². The molecule has 0 aliphatic rings. The van der Waals surface area contributed by atoms with Gasteiger partial charge in [0.1, 0.15) is 0 Å². The predicted molar refractivity (Wildman–Crippen MR) is 108 cm³/mol. The van der Waals surface area contributed by atoms with Gasteiger partial charge in [0.25, 0.3) is 5.56 Å². The fourth-order valence-corrected chi connectivity index (χ4v) is 3.90. The third kappa shape index (κ3) is 3.39. The van der Waals surface area contributed by atoms with E-state index < -0.39 is 0 Å². The van der Waals surface area contributed by atoms with Crippen LogP contribution < -0.4 is 5.56 Å². The van der Waals surface area contributed by atoms with Crippen LogP contribution in [-0.2, 0) is 5.75 Å². The molecule has 0 spiro atoms. The van der Waals surface area contributed by atoms with E-state index in [2.05, 4.69) is 12.1 Å². The summed E-state index contributed by atoms with van der Waals surface area (Å²) in [6.45, 7) is 0. The van der Waals surface area contributed by atoms with Crippen LogP contribution in [0, 0.1) is 0 Å². The van der Waals surface area contributed by atoms with E-state index in [1.807, 2.05) is 48.5 Å². The Labute approximate surface area is 160 Å². The second-order valence-corrected chi connectivity index (χ2v) is 7.19. The molecule has 3 aromatic carbocycles. The van der Waals surface area contributed by atoms with Crippen molar-refractivity contribution in [2.24, 2.45) is 0 Å². The van der Waals surface area contributed by atoms with Gasteiger partial charge < -0.3 is 0 Å². The molecular weight excluding hydrogens is 364 g/mol. The summed E-state index contributed by atoms with van der Waals surface area (Å²) in [6, 6.07) is 24.9. The monoisotopic (exact) mass is 378 g/mol. The first-order valence-electron chi connectivity index (χ1n) is 8.17. The topological polar surface area (TPSA) is 34.9 Å². The summed E-state index contributed by atoms with van der Waals surface area (Å²) in [5.74, 6) is 0.735. The van der Waals surface area contributed by atoms with Crippen LogP contribution in [-0.4, -0.2) is 9.55 Å². The minimum Gasteiger partial charge on any atom is -0.268 e. The molecule has 0 bridgehead atoms. The van der Waals surface area contributed by atoms with Crippen molar-refractivity contribution >= 4 is 34.3 Å². The first-order valence-corrected chi connectivity index (χ1v) is 9.53. The van der Waals surface area contributed by atoms with Gasteiger partial charge in [-0.05, 0) is 35.9 Å². The predicted octanol–water partition coefficient (Wildman–Crippen LogP) is 5.33. The fourth-order valence-electron chi connectivity index (χ4n) is 2.76. The van der Waals surface area contributed by atoms with Crippen LogP contribution in [0.25, 0.3) is 16.6 Å². The summed E-state index contributed by atoms with van der Waals surface area (Å²) < 4.78 is 1.66. The first kappa shape index (κ1) is 16.9. The first-order chi connectivity index (χ1) is 12.7. The zero-order valence-electron chi connectivity index (χ0n) is 13.8. The van der Waals surface area contributed by atoms with Crippen molar-refractivity contribution in [3.05, 3.63) is 99.8 Å². The minimum atomic E-state index is -0.112. The largest absolute Gasteiger partial charge is 0.268 e. The Morgan fingerprint density at radius 1 is 0.923 bits per heavy atom. The number of para-hydroxylation sites is 1. The summed E-state index contributed by atoms with van der Waals surface area (Å²) in [6.07, 6.45) is 0. The highest BCUT2D eigenvalue weighted by Crippen LogP contribution is 2.25.